The van der Waals surface area contributed by atoms with Crippen LogP contribution in [0.4, 0.5) is 10.1 Å². The molecule has 1 saturated heterocycles. The number of nitrogens with zero attached hydrogens (tertiary/aromatic N) is 2. The second-order valence-electron chi connectivity index (χ2n) is 9.12. The molecule has 0 radical (unpaired) electrons. The van der Waals surface area contributed by atoms with E-state index in [1.54, 1.807) is 41.3 Å². The van der Waals surface area contributed by atoms with Crippen LogP contribution in [0, 0.1) is 5.82 Å². The number of rotatable bonds is 9. The highest BCUT2D eigenvalue weighted by Crippen LogP contribution is 2.22. The van der Waals surface area contributed by atoms with Gasteiger partial charge in [-0.15, -0.1) is 0 Å². The molecule has 0 saturated carbocycles. The summed E-state index contributed by atoms with van der Waals surface area (Å²) >= 11 is 5.99. The molecule has 3 aromatic carbocycles. The van der Waals surface area contributed by atoms with Crippen LogP contribution in [0.2, 0.25) is 5.02 Å². The third kappa shape index (κ3) is 7.39. The van der Waals surface area contributed by atoms with Crippen LogP contribution in [0.25, 0.3) is 0 Å². The predicted molar refractivity (Wildman–Crippen MR) is 142 cm³/mol. The molecule has 1 aliphatic rings. The highest BCUT2D eigenvalue weighted by Gasteiger charge is 2.19. The summed E-state index contributed by atoms with van der Waals surface area (Å²) in [5.74, 6) is -0.596. The Bertz CT molecular complexity index is 1160. The van der Waals surface area contributed by atoms with Gasteiger partial charge < -0.3 is 15.1 Å². The number of piperidine rings is 1. The van der Waals surface area contributed by atoms with Crippen LogP contribution < -0.4 is 10.2 Å². The lowest BCUT2D eigenvalue weighted by Crippen LogP contribution is -2.38. The number of hydrogen-bond acceptors (Lipinski definition) is 3. The summed E-state index contributed by atoms with van der Waals surface area (Å²) in [6.07, 6.45) is 4.03. The van der Waals surface area contributed by atoms with Crippen molar-refractivity contribution < 1.29 is 14.0 Å². The molecule has 3 aromatic rings. The fraction of sp³-hybridized carbons (Fsp3) is 0.310. The van der Waals surface area contributed by atoms with Gasteiger partial charge in [-0.3, -0.25) is 9.59 Å². The smallest absolute Gasteiger partial charge is 0.258 e. The Morgan fingerprint density at radius 1 is 0.917 bits per heavy atom. The first kappa shape index (κ1) is 25.9. The molecule has 36 heavy (non-hydrogen) atoms. The van der Waals surface area contributed by atoms with E-state index in [9.17, 15) is 14.0 Å². The molecule has 7 heteroatoms. The number of nitrogens with one attached hydrogen (secondary N) is 1. The van der Waals surface area contributed by atoms with Gasteiger partial charge in [-0.25, -0.2) is 4.39 Å². The van der Waals surface area contributed by atoms with Gasteiger partial charge in [0.1, 0.15) is 5.82 Å². The van der Waals surface area contributed by atoms with Crippen LogP contribution in [0.3, 0.4) is 0 Å². The van der Waals surface area contributed by atoms with Gasteiger partial charge in [-0.2, -0.15) is 0 Å². The molecular formula is C29H31ClFN3O2. The van der Waals surface area contributed by atoms with Crippen molar-refractivity contribution in [3.63, 3.8) is 0 Å². The van der Waals surface area contributed by atoms with Crippen LogP contribution in [-0.4, -0.2) is 42.9 Å². The topological polar surface area (TPSA) is 52.7 Å². The molecule has 0 atom stereocenters. The molecular weight excluding hydrogens is 477 g/mol. The Hall–Kier alpha value is -3.22. The second kappa shape index (κ2) is 12.7. The van der Waals surface area contributed by atoms with Gasteiger partial charge in [0.05, 0.1) is 13.0 Å². The standard InChI is InChI=1S/C29H31ClFN3O2/c30-25-11-9-24(10-12-25)29(36)34(21-23-5-4-6-26(31)19-23)27-13-7-22(8-14-27)20-28(35)32-15-18-33-16-2-1-3-17-33/h4-14,19H,1-3,15-18,20-21H2,(H,32,35). The minimum atomic E-state index is -0.354. The van der Waals surface area contributed by atoms with Crippen molar-refractivity contribution >= 4 is 29.1 Å². The lowest BCUT2D eigenvalue weighted by molar-refractivity contribution is -0.120. The quantitative estimate of drug-likeness (QED) is 0.418. The van der Waals surface area contributed by atoms with Gasteiger partial charge in [0.15, 0.2) is 0 Å². The average molecular weight is 508 g/mol. The highest BCUT2D eigenvalue weighted by atomic mass is 35.5. The van der Waals surface area contributed by atoms with E-state index in [0.717, 1.165) is 25.2 Å². The van der Waals surface area contributed by atoms with Gasteiger partial charge in [-0.1, -0.05) is 42.3 Å². The zero-order valence-electron chi connectivity index (χ0n) is 20.3. The summed E-state index contributed by atoms with van der Waals surface area (Å²) in [4.78, 5) is 29.8. The van der Waals surface area contributed by atoms with Gasteiger partial charge in [-0.05, 0) is 85.6 Å². The second-order valence-corrected chi connectivity index (χ2v) is 9.56. The molecule has 4 rings (SSSR count). The van der Waals surface area contributed by atoms with E-state index in [1.807, 2.05) is 24.3 Å². The summed E-state index contributed by atoms with van der Waals surface area (Å²) in [6.45, 7) is 3.95. The molecule has 2 amide bonds. The molecule has 1 heterocycles. The maximum absolute atomic E-state index is 13.8. The van der Waals surface area contributed by atoms with E-state index in [2.05, 4.69) is 10.2 Å². The first-order valence-corrected chi connectivity index (χ1v) is 12.8. The Kier molecular flexibility index (Phi) is 9.09. The fourth-order valence-electron chi connectivity index (χ4n) is 4.42. The van der Waals surface area contributed by atoms with E-state index in [-0.39, 0.29) is 30.6 Å². The van der Waals surface area contributed by atoms with Crippen LogP contribution in [0.1, 0.15) is 40.7 Å². The lowest BCUT2D eigenvalue weighted by Gasteiger charge is -2.26. The Labute approximate surface area is 216 Å². The van der Waals surface area contributed by atoms with Crippen molar-refractivity contribution in [2.45, 2.75) is 32.2 Å². The summed E-state index contributed by atoms with van der Waals surface area (Å²) < 4.78 is 13.8. The van der Waals surface area contributed by atoms with Crippen LogP contribution in [-0.2, 0) is 17.8 Å². The minimum Gasteiger partial charge on any atom is -0.355 e. The molecule has 188 valence electrons. The van der Waals surface area contributed by atoms with Crippen molar-refractivity contribution in [3.05, 3.63) is 100 Å². The SMILES string of the molecule is O=C(Cc1ccc(N(Cc2cccc(F)c2)C(=O)c2ccc(Cl)cc2)cc1)NCCN1CCCCC1. The summed E-state index contributed by atoms with van der Waals surface area (Å²) in [5.41, 5.74) is 2.68. The number of amides is 2. The van der Waals surface area contributed by atoms with Gasteiger partial charge >= 0.3 is 0 Å². The maximum Gasteiger partial charge on any atom is 0.258 e. The number of halogens is 2. The Balaban J connectivity index is 1.42. The van der Waals surface area contributed by atoms with Crippen molar-refractivity contribution in [2.75, 3.05) is 31.1 Å². The summed E-state index contributed by atoms with van der Waals surface area (Å²) in [7, 11) is 0. The third-order valence-electron chi connectivity index (χ3n) is 6.38. The number of benzene rings is 3. The molecule has 1 aliphatic heterocycles. The number of carbonyl (C=O) groups excluding carboxylic acids is 2. The molecule has 0 aliphatic carbocycles. The summed E-state index contributed by atoms with van der Waals surface area (Å²) in [6, 6.07) is 20.2. The maximum atomic E-state index is 13.8. The average Bonchev–Trinajstić information content (AvgIpc) is 2.89. The number of carbonyl (C=O) groups is 2. The van der Waals surface area contributed by atoms with Gasteiger partial charge in [0, 0.05) is 29.4 Å². The van der Waals surface area contributed by atoms with E-state index in [1.165, 1.54) is 31.4 Å². The molecule has 1 N–H and O–H groups in total. The predicted octanol–water partition coefficient (Wildman–Crippen LogP) is 5.47. The first-order chi connectivity index (χ1) is 17.5. The first-order valence-electron chi connectivity index (χ1n) is 12.4. The monoisotopic (exact) mass is 507 g/mol. The van der Waals surface area contributed by atoms with Crippen molar-refractivity contribution in [1.82, 2.24) is 10.2 Å². The molecule has 1 fully saturated rings. The fourth-order valence-corrected chi connectivity index (χ4v) is 4.55. The normalized spacial score (nSPS) is 13.8. The zero-order chi connectivity index (χ0) is 25.3. The molecule has 0 unspecified atom stereocenters. The highest BCUT2D eigenvalue weighted by molar-refractivity contribution is 6.30. The third-order valence-corrected chi connectivity index (χ3v) is 6.63. The number of anilines is 1. The van der Waals surface area contributed by atoms with E-state index < -0.39 is 0 Å². The van der Waals surface area contributed by atoms with E-state index in [4.69, 9.17) is 11.6 Å². The van der Waals surface area contributed by atoms with Crippen LogP contribution in [0.15, 0.2) is 72.8 Å². The molecule has 5 nitrogen and oxygen atoms in total. The van der Waals surface area contributed by atoms with Gasteiger partial charge in [0.2, 0.25) is 5.91 Å². The summed E-state index contributed by atoms with van der Waals surface area (Å²) in [5, 5.41) is 3.55. The number of hydrogen-bond donors (Lipinski definition) is 1. The Morgan fingerprint density at radius 2 is 1.64 bits per heavy atom. The van der Waals surface area contributed by atoms with Crippen molar-refractivity contribution in [3.8, 4) is 0 Å². The molecule has 0 bridgehead atoms. The van der Waals surface area contributed by atoms with Crippen LogP contribution in [0.5, 0.6) is 0 Å². The van der Waals surface area contributed by atoms with E-state index in [0.29, 0.717) is 28.4 Å². The minimum absolute atomic E-state index is 0.0198. The zero-order valence-corrected chi connectivity index (χ0v) is 21.0. The van der Waals surface area contributed by atoms with Crippen LogP contribution >= 0.6 is 11.6 Å². The van der Waals surface area contributed by atoms with E-state index >= 15 is 0 Å². The van der Waals surface area contributed by atoms with Crippen molar-refractivity contribution in [2.24, 2.45) is 0 Å². The molecule has 0 spiro atoms. The number of likely N-dealkylation sites (tertiary alicyclic amines) is 1. The Morgan fingerprint density at radius 3 is 2.33 bits per heavy atom. The van der Waals surface area contributed by atoms with Crippen molar-refractivity contribution in [1.29, 1.82) is 0 Å². The molecule has 0 aromatic heterocycles. The lowest BCUT2D eigenvalue weighted by atomic mass is 10.1. The van der Waals surface area contributed by atoms with Gasteiger partial charge in [0.25, 0.3) is 5.91 Å². The largest absolute Gasteiger partial charge is 0.355 e.